The number of hydrogen-bond donors (Lipinski definition) is 2. The molecule has 6 heteroatoms. The third kappa shape index (κ3) is 3.40. The Bertz CT molecular complexity index is 333. The molecule has 0 aliphatic carbocycles. The van der Waals surface area contributed by atoms with E-state index in [1.54, 1.807) is 0 Å². The van der Waals surface area contributed by atoms with E-state index in [1.165, 1.54) is 0 Å². The molecule has 5 nitrogen and oxygen atoms in total. The Hall–Kier alpha value is -0.170. The van der Waals surface area contributed by atoms with E-state index in [-0.39, 0.29) is 11.3 Å². The van der Waals surface area contributed by atoms with Crippen LogP contribution in [0.5, 0.6) is 0 Å². The Kier molecular flexibility index (Phi) is 4.41. The van der Waals surface area contributed by atoms with Gasteiger partial charge in [0.1, 0.15) is 0 Å². The maximum Gasteiger partial charge on any atom is 0.216 e. The second-order valence-corrected chi connectivity index (χ2v) is 7.01. The van der Waals surface area contributed by atoms with Crippen molar-refractivity contribution in [1.29, 1.82) is 0 Å². The van der Waals surface area contributed by atoms with Crippen molar-refractivity contribution in [1.82, 2.24) is 10.0 Å². The standard InChI is InChI=1S/C11H22N2O3S/c1-9(10-3-6-16-7-4-10)13-17(14,15)11-2-5-12-8-11/h9-13H,2-8H2,1H3. The smallest absolute Gasteiger partial charge is 0.216 e. The highest BCUT2D eigenvalue weighted by Crippen LogP contribution is 2.20. The third-order valence-electron chi connectivity index (χ3n) is 3.78. The van der Waals surface area contributed by atoms with Gasteiger partial charge >= 0.3 is 0 Å². The van der Waals surface area contributed by atoms with E-state index in [1.807, 2.05) is 6.92 Å². The quantitative estimate of drug-likeness (QED) is 0.753. The molecule has 2 unspecified atom stereocenters. The summed E-state index contributed by atoms with van der Waals surface area (Å²) < 4.78 is 32.3. The molecule has 2 heterocycles. The minimum Gasteiger partial charge on any atom is -0.381 e. The minimum absolute atomic E-state index is 0.0181. The highest BCUT2D eigenvalue weighted by Gasteiger charge is 2.31. The Labute approximate surface area is 103 Å². The van der Waals surface area contributed by atoms with Crippen LogP contribution in [0.4, 0.5) is 0 Å². The van der Waals surface area contributed by atoms with Gasteiger partial charge in [-0.25, -0.2) is 13.1 Å². The van der Waals surface area contributed by atoms with Crippen LogP contribution in [-0.2, 0) is 14.8 Å². The largest absolute Gasteiger partial charge is 0.381 e. The first-order chi connectivity index (χ1) is 8.09. The van der Waals surface area contributed by atoms with Crippen molar-refractivity contribution in [2.24, 2.45) is 5.92 Å². The number of ether oxygens (including phenoxy) is 1. The van der Waals surface area contributed by atoms with Gasteiger partial charge in [-0.15, -0.1) is 0 Å². The third-order valence-corrected chi connectivity index (χ3v) is 5.76. The summed E-state index contributed by atoms with van der Waals surface area (Å²) in [6.45, 7) is 4.85. The van der Waals surface area contributed by atoms with E-state index in [4.69, 9.17) is 4.74 Å². The summed E-state index contributed by atoms with van der Waals surface area (Å²) in [7, 11) is -3.16. The van der Waals surface area contributed by atoms with Crippen LogP contribution in [-0.4, -0.2) is 46.0 Å². The Morgan fingerprint density at radius 1 is 1.29 bits per heavy atom. The fourth-order valence-corrected chi connectivity index (χ4v) is 4.23. The predicted molar refractivity (Wildman–Crippen MR) is 66.3 cm³/mol. The number of sulfonamides is 1. The van der Waals surface area contributed by atoms with Crippen LogP contribution in [0.15, 0.2) is 0 Å². The topological polar surface area (TPSA) is 67.4 Å². The van der Waals surface area contributed by atoms with Gasteiger partial charge in [0.05, 0.1) is 5.25 Å². The molecular weight excluding hydrogens is 240 g/mol. The zero-order valence-corrected chi connectivity index (χ0v) is 11.1. The van der Waals surface area contributed by atoms with Gasteiger partial charge in [-0.2, -0.15) is 0 Å². The zero-order valence-electron chi connectivity index (χ0n) is 10.3. The van der Waals surface area contributed by atoms with Crippen molar-refractivity contribution in [3.8, 4) is 0 Å². The lowest BCUT2D eigenvalue weighted by molar-refractivity contribution is 0.0585. The van der Waals surface area contributed by atoms with E-state index >= 15 is 0 Å². The first-order valence-electron chi connectivity index (χ1n) is 6.39. The average Bonchev–Trinajstić information content (AvgIpc) is 2.84. The Balaban J connectivity index is 1.90. The van der Waals surface area contributed by atoms with E-state index in [9.17, 15) is 8.42 Å². The van der Waals surface area contributed by atoms with Gasteiger partial charge in [-0.3, -0.25) is 0 Å². The Morgan fingerprint density at radius 3 is 2.59 bits per heavy atom. The summed E-state index contributed by atoms with van der Waals surface area (Å²) in [5, 5.41) is 2.83. The lowest BCUT2D eigenvalue weighted by Gasteiger charge is -2.29. The molecule has 0 aromatic heterocycles. The molecule has 100 valence electrons. The molecule has 2 aliphatic rings. The maximum absolute atomic E-state index is 12.1. The summed E-state index contributed by atoms with van der Waals surface area (Å²) in [6.07, 6.45) is 2.62. The monoisotopic (exact) mass is 262 g/mol. The van der Waals surface area contributed by atoms with Gasteiger partial charge in [0.15, 0.2) is 0 Å². The summed E-state index contributed by atoms with van der Waals surface area (Å²) >= 11 is 0. The molecule has 2 aliphatic heterocycles. The fourth-order valence-electron chi connectivity index (χ4n) is 2.56. The molecule has 0 saturated carbocycles. The van der Waals surface area contributed by atoms with Crippen LogP contribution in [0, 0.1) is 5.92 Å². The van der Waals surface area contributed by atoms with Crippen LogP contribution >= 0.6 is 0 Å². The highest BCUT2D eigenvalue weighted by molar-refractivity contribution is 7.90. The second-order valence-electron chi connectivity index (χ2n) is 5.02. The van der Waals surface area contributed by atoms with Crippen molar-refractivity contribution in [2.75, 3.05) is 26.3 Å². The van der Waals surface area contributed by atoms with Crippen molar-refractivity contribution < 1.29 is 13.2 Å². The van der Waals surface area contributed by atoms with Crippen molar-refractivity contribution in [3.63, 3.8) is 0 Å². The van der Waals surface area contributed by atoms with E-state index in [0.717, 1.165) is 39.0 Å². The Morgan fingerprint density at radius 2 is 2.00 bits per heavy atom. The molecule has 0 aromatic rings. The normalized spacial score (nSPS) is 29.4. The van der Waals surface area contributed by atoms with Gasteiger partial charge in [-0.1, -0.05) is 0 Å². The predicted octanol–water partition coefficient (Wildman–Crippen LogP) is 0.0828. The molecule has 0 bridgehead atoms. The summed E-state index contributed by atoms with van der Waals surface area (Å²) in [5.74, 6) is 0.410. The number of hydrogen-bond acceptors (Lipinski definition) is 4. The van der Waals surface area contributed by atoms with Gasteiger partial charge in [0.25, 0.3) is 0 Å². The molecular formula is C11H22N2O3S. The van der Waals surface area contributed by atoms with Crippen LogP contribution in [0.1, 0.15) is 26.2 Å². The SMILES string of the molecule is CC(NS(=O)(=O)C1CCNC1)C1CCOCC1. The lowest BCUT2D eigenvalue weighted by atomic mass is 9.94. The maximum atomic E-state index is 12.1. The molecule has 17 heavy (non-hydrogen) atoms. The highest BCUT2D eigenvalue weighted by atomic mass is 32.2. The fraction of sp³-hybridized carbons (Fsp3) is 1.00. The lowest BCUT2D eigenvalue weighted by Crippen LogP contribution is -2.44. The van der Waals surface area contributed by atoms with Gasteiger partial charge in [0.2, 0.25) is 10.0 Å². The zero-order chi connectivity index (χ0) is 12.3. The van der Waals surface area contributed by atoms with E-state index in [2.05, 4.69) is 10.0 Å². The molecule has 2 N–H and O–H groups in total. The molecule has 0 spiro atoms. The van der Waals surface area contributed by atoms with Crippen molar-refractivity contribution in [3.05, 3.63) is 0 Å². The molecule has 2 rings (SSSR count). The molecule has 2 saturated heterocycles. The molecule has 0 aromatic carbocycles. The van der Waals surface area contributed by atoms with Crippen LogP contribution < -0.4 is 10.0 Å². The molecule has 0 radical (unpaired) electrons. The summed E-state index contributed by atoms with van der Waals surface area (Å²) in [5.41, 5.74) is 0. The molecule has 2 fully saturated rings. The van der Waals surface area contributed by atoms with Crippen LogP contribution in [0.25, 0.3) is 0 Å². The van der Waals surface area contributed by atoms with Gasteiger partial charge in [0, 0.05) is 25.8 Å². The second kappa shape index (κ2) is 5.65. The number of rotatable bonds is 4. The summed E-state index contributed by atoms with van der Waals surface area (Å²) in [6, 6.07) is 0.0181. The summed E-state index contributed by atoms with van der Waals surface area (Å²) in [4.78, 5) is 0. The van der Waals surface area contributed by atoms with E-state index < -0.39 is 10.0 Å². The van der Waals surface area contributed by atoms with Crippen LogP contribution in [0.2, 0.25) is 0 Å². The molecule has 2 atom stereocenters. The first kappa shape index (κ1) is 13.3. The van der Waals surface area contributed by atoms with Gasteiger partial charge < -0.3 is 10.1 Å². The van der Waals surface area contributed by atoms with Gasteiger partial charge in [-0.05, 0) is 38.6 Å². The minimum atomic E-state index is -3.16. The van der Waals surface area contributed by atoms with Crippen molar-refractivity contribution >= 4 is 10.0 Å². The van der Waals surface area contributed by atoms with Crippen LogP contribution in [0.3, 0.4) is 0 Å². The first-order valence-corrected chi connectivity index (χ1v) is 7.94. The van der Waals surface area contributed by atoms with Crippen molar-refractivity contribution in [2.45, 2.75) is 37.5 Å². The molecule has 0 amide bonds. The number of nitrogens with one attached hydrogen (secondary N) is 2. The average molecular weight is 262 g/mol. The van der Waals surface area contributed by atoms with E-state index in [0.29, 0.717) is 12.5 Å².